The van der Waals surface area contributed by atoms with Crippen molar-refractivity contribution in [3.63, 3.8) is 0 Å². The number of amides is 2. The molecule has 0 radical (unpaired) electrons. The summed E-state index contributed by atoms with van der Waals surface area (Å²) in [4.78, 5) is 26.2. The van der Waals surface area contributed by atoms with Gasteiger partial charge in [0.2, 0.25) is 5.91 Å². The third-order valence-corrected chi connectivity index (χ3v) is 3.95. The Labute approximate surface area is 141 Å². The van der Waals surface area contributed by atoms with E-state index in [1.165, 1.54) is 12.1 Å². The van der Waals surface area contributed by atoms with Crippen LogP contribution in [0.15, 0.2) is 18.2 Å². The molecule has 1 aromatic carbocycles. The quantitative estimate of drug-likeness (QED) is 0.869. The van der Waals surface area contributed by atoms with Gasteiger partial charge in [-0.15, -0.1) is 12.4 Å². The molecule has 0 spiro atoms. The van der Waals surface area contributed by atoms with Gasteiger partial charge in [-0.05, 0) is 37.5 Å². The molecule has 1 saturated heterocycles. The van der Waals surface area contributed by atoms with Gasteiger partial charge in [0.25, 0.3) is 5.91 Å². The average Bonchev–Trinajstić information content (AvgIpc) is 2.54. The first-order chi connectivity index (χ1) is 10.5. The molecule has 0 saturated carbocycles. The zero-order chi connectivity index (χ0) is 16.1. The molecule has 0 bridgehead atoms. The molecule has 2 rings (SSSR count). The minimum Gasteiger partial charge on any atom is -0.355 e. The van der Waals surface area contributed by atoms with Crippen LogP contribution in [0.3, 0.4) is 0 Å². The van der Waals surface area contributed by atoms with Gasteiger partial charge in [0.1, 0.15) is 5.82 Å². The van der Waals surface area contributed by atoms with Crippen molar-refractivity contribution in [3.05, 3.63) is 35.1 Å². The number of nitrogens with one attached hydrogen (secondary N) is 1. The van der Waals surface area contributed by atoms with Crippen LogP contribution in [0.4, 0.5) is 4.39 Å². The number of carbonyl (C=O) groups excluding carboxylic acids is 2. The van der Waals surface area contributed by atoms with E-state index in [2.05, 4.69) is 5.32 Å². The fraction of sp³-hybridized carbons (Fsp3) is 0.500. The molecule has 1 fully saturated rings. The number of halogens is 2. The zero-order valence-corrected chi connectivity index (χ0v) is 14.0. The summed E-state index contributed by atoms with van der Waals surface area (Å²) in [6, 6.07) is 4.19. The molecule has 1 atom stereocenters. The van der Waals surface area contributed by atoms with Gasteiger partial charge in [-0.1, -0.05) is 6.07 Å². The predicted octanol–water partition coefficient (Wildman–Crippen LogP) is 1.48. The van der Waals surface area contributed by atoms with E-state index in [4.69, 9.17) is 5.73 Å². The minimum absolute atomic E-state index is 0. The summed E-state index contributed by atoms with van der Waals surface area (Å²) in [5.74, 6) is -0.937. The molecule has 128 valence electrons. The highest BCUT2D eigenvalue weighted by Gasteiger charge is 2.29. The molecule has 1 aliphatic heterocycles. The molecule has 1 heterocycles. The largest absolute Gasteiger partial charge is 0.355 e. The lowest BCUT2D eigenvalue weighted by Crippen LogP contribution is -2.46. The fourth-order valence-electron chi connectivity index (χ4n) is 2.71. The van der Waals surface area contributed by atoms with Crippen molar-refractivity contribution in [2.24, 2.45) is 11.7 Å². The van der Waals surface area contributed by atoms with Crippen LogP contribution in [0.25, 0.3) is 0 Å². The standard InChI is InChI=1S/C16H22FN3O2.ClH/c1-11-4-5-13(17)9-14(11)16(22)20-8-2-3-12(10-20)15(21)19-7-6-18;/h4-5,9,12H,2-3,6-8,10,18H2,1H3,(H,19,21);1H. The molecule has 0 aliphatic carbocycles. The number of nitrogens with zero attached hydrogens (tertiary/aromatic N) is 1. The summed E-state index contributed by atoms with van der Waals surface area (Å²) in [6.45, 7) is 3.57. The van der Waals surface area contributed by atoms with Crippen molar-refractivity contribution >= 4 is 24.2 Å². The van der Waals surface area contributed by atoms with Gasteiger partial charge in [-0.3, -0.25) is 9.59 Å². The van der Waals surface area contributed by atoms with Gasteiger partial charge in [0.05, 0.1) is 5.92 Å². The fourth-order valence-corrected chi connectivity index (χ4v) is 2.71. The Hall–Kier alpha value is -1.66. The first-order valence-electron chi connectivity index (χ1n) is 7.56. The van der Waals surface area contributed by atoms with E-state index < -0.39 is 5.82 Å². The van der Waals surface area contributed by atoms with E-state index in [1.807, 2.05) is 0 Å². The summed E-state index contributed by atoms with van der Waals surface area (Å²) in [5.41, 5.74) is 6.47. The highest BCUT2D eigenvalue weighted by molar-refractivity contribution is 5.96. The second kappa shape index (κ2) is 8.84. The van der Waals surface area contributed by atoms with Crippen molar-refractivity contribution in [1.29, 1.82) is 0 Å². The van der Waals surface area contributed by atoms with E-state index >= 15 is 0 Å². The number of rotatable bonds is 4. The lowest BCUT2D eigenvalue weighted by Gasteiger charge is -2.32. The Morgan fingerprint density at radius 2 is 2.17 bits per heavy atom. The molecule has 7 heteroatoms. The number of hydrogen-bond acceptors (Lipinski definition) is 3. The Balaban J connectivity index is 0.00000264. The molecule has 1 aliphatic rings. The zero-order valence-electron chi connectivity index (χ0n) is 13.2. The first-order valence-corrected chi connectivity index (χ1v) is 7.56. The minimum atomic E-state index is -0.428. The lowest BCUT2D eigenvalue weighted by atomic mass is 9.96. The van der Waals surface area contributed by atoms with Crippen LogP contribution >= 0.6 is 12.4 Å². The van der Waals surface area contributed by atoms with Crippen LogP contribution in [0.5, 0.6) is 0 Å². The van der Waals surface area contributed by atoms with Crippen molar-refractivity contribution in [2.75, 3.05) is 26.2 Å². The second-order valence-electron chi connectivity index (χ2n) is 5.63. The number of benzene rings is 1. The van der Waals surface area contributed by atoms with Crippen LogP contribution in [-0.2, 0) is 4.79 Å². The number of carbonyl (C=O) groups is 2. The van der Waals surface area contributed by atoms with E-state index in [9.17, 15) is 14.0 Å². The first kappa shape index (κ1) is 19.4. The van der Waals surface area contributed by atoms with Crippen molar-refractivity contribution in [2.45, 2.75) is 19.8 Å². The second-order valence-corrected chi connectivity index (χ2v) is 5.63. The van der Waals surface area contributed by atoms with Crippen LogP contribution in [-0.4, -0.2) is 42.9 Å². The topological polar surface area (TPSA) is 75.4 Å². The number of nitrogens with two attached hydrogens (primary N) is 1. The van der Waals surface area contributed by atoms with Crippen LogP contribution in [0, 0.1) is 18.7 Å². The third kappa shape index (κ3) is 4.91. The maximum absolute atomic E-state index is 13.4. The normalized spacial score (nSPS) is 17.3. The van der Waals surface area contributed by atoms with E-state index in [1.54, 1.807) is 17.9 Å². The molecule has 2 amide bonds. The number of likely N-dealkylation sites (tertiary alicyclic amines) is 1. The van der Waals surface area contributed by atoms with Crippen molar-refractivity contribution < 1.29 is 14.0 Å². The summed E-state index contributed by atoms with van der Waals surface area (Å²) in [5, 5.41) is 2.76. The molecule has 3 N–H and O–H groups in total. The van der Waals surface area contributed by atoms with Crippen molar-refractivity contribution in [1.82, 2.24) is 10.2 Å². The number of piperidine rings is 1. The highest BCUT2D eigenvalue weighted by Crippen LogP contribution is 2.20. The number of aryl methyl sites for hydroxylation is 1. The van der Waals surface area contributed by atoms with Gasteiger partial charge in [-0.25, -0.2) is 4.39 Å². The van der Waals surface area contributed by atoms with Gasteiger partial charge in [-0.2, -0.15) is 0 Å². The maximum Gasteiger partial charge on any atom is 0.254 e. The van der Waals surface area contributed by atoms with Gasteiger partial charge in [0.15, 0.2) is 0 Å². The number of hydrogen-bond donors (Lipinski definition) is 2. The van der Waals surface area contributed by atoms with Gasteiger partial charge >= 0.3 is 0 Å². The van der Waals surface area contributed by atoms with Crippen LogP contribution in [0.2, 0.25) is 0 Å². The SMILES string of the molecule is Cc1ccc(F)cc1C(=O)N1CCCC(C(=O)NCCN)C1.Cl. The smallest absolute Gasteiger partial charge is 0.254 e. The third-order valence-electron chi connectivity index (χ3n) is 3.95. The molecule has 23 heavy (non-hydrogen) atoms. The summed E-state index contributed by atoms with van der Waals surface area (Å²) < 4.78 is 13.4. The summed E-state index contributed by atoms with van der Waals surface area (Å²) in [6.07, 6.45) is 1.52. The Morgan fingerprint density at radius 3 is 2.87 bits per heavy atom. The highest BCUT2D eigenvalue weighted by atomic mass is 35.5. The van der Waals surface area contributed by atoms with Gasteiger partial charge < -0.3 is 16.0 Å². The molecule has 1 aromatic rings. The summed E-state index contributed by atoms with van der Waals surface area (Å²) >= 11 is 0. The van der Waals surface area contributed by atoms with Crippen LogP contribution < -0.4 is 11.1 Å². The molecule has 5 nitrogen and oxygen atoms in total. The Bertz CT molecular complexity index is 568. The molecular weight excluding hydrogens is 321 g/mol. The maximum atomic E-state index is 13.4. The van der Waals surface area contributed by atoms with Crippen molar-refractivity contribution in [3.8, 4) is 0 Å². The van der Waals surface area contributed by atoms with E-state index in [0.29, 0.717) is 31.7 Å². The Kier molecular flexibility index (Phi) is 7.45. The average molecular weight is 344 g/mol. The lowest BCUT2D eigenvalue weighted by molar-refractivity contribution is -0.126. The summed E-state index contributed by atoms with van der Waals surface area (Å²) in [7, 11) is 0. The Morgan fingerprint density at radius 1 is 1.43 bits per heavy atom. The molecule has 1 unspecified atom stereocenters. The molecular formula is C16H23ClFN3O2. The van der Waals surface area contributed by atoms with Gasteiger partial charge in [0, 0.05) is 31.7 Å². The monoisotopic (exact) mass is 343 g/mol. The molecule has 0 aromatic heterocycles. The van der Waals surface area contributed by atoms with Crippen LogP contribution in [0.1, 0.15) is 28.8 Å². The predicted molar refractivity (Wildman–Crippen MR) is 89.1 cm³/mol. The van der Waals surface area contributed by atoms with E-state index in [-0.39, 0.29) is 30.1 Å². The van der Waals surface area contributed by atoms with E-state index in [0.717, 1.165) is 18.4 Å².